The molecule has 0 N–H and O–H groups in total. The third-order valence-corrected chi connectivity index (χ3v) is 4.34. The molecule has 0 spiro atoms. The summed E-state index contributed by atoms with van der Waals surface area (Å²) in [6, 6.07) is 0. The predicted octanol–water partition coefficient (Wildman–Crippen LogP) is -0.337. The molecule has 2 unspecified atom stereocenters. The van der Waals surface area contributed by atoms with E-state index in [4.69, 9.17) is 0 Å². The normalized spacial score (nSPS) is 28.5. The third-order valence-electron chi connectivity index (χ3n) is 3.14. The molecule has 0 aromatic rings. The molecule has 0 bridgehead atoms. The smallest absolute Gasteiger partial charge is 0.308 e. The van der Waals surface area contributed by atoms with Crippen molar-refractivity contribution in [1.29, 1.82) is 0 Å². The average Bonchev–Trinajstić information content (AvgIpc) is 2.35. The summed E-state index contributed by atoms with van der Waals surface area (Å²) in [5.41, 5.74) is 0. The molecule has 7 nitrogen and oxygen atoms in total. The summed E-state index contributed by atoms with van der Waals surface area (Å²) in [5.74, 6) is -2.75. The van der Waals surface area contributed by atoms with Crippen molar-refractivity contribution in [3.05, 3.63) is 0 Å². The van der Waals surface area contributed by atoms with Crippen LogP contribution in [-0.2, 0) is 29.2 Å². The molecular weight excluding hydrogens is 264 g/mol. The maximum absolute atomic E-state index is 11.4. The summed E-state index contributed by atoms with van der Waals surface area (Å²) in [7, 11) is -2.20. The van der Waals surface area contributed by atoms with E-state index in [-0.39, 0.29) is 19.3 Å². The maximum Gasteiger partial charge on any atom is 0.308 e. The summed E-state index contributed by atoms with van der Waals surface area (Å²) in [5, 5.41) is -1.25. The number of carbonyl (C=O) groups excluding carboxylic acids is 2. The molecule has 0 aliphatic heterocycles. The number of methoxy groups -OCH3 is 2. The molecule has 1 aliphatic rings. The van der Waals surface area contributed by atoms with Gasteiger partial charge in [-0.15, -0.1) is 0 Å². The van der Waals surface area contributed by atoms with Crippen LogP contribution in [0.2, 0.25) is 0 Å². The first-order valence-electron chi connectivity index (χ1n) is 5.40. The fraction of sp³-hybridized carbons (Fsp3) is 0.800. The Labute approximate surface area is 105 Å². The molecule has 8 heteroatoms. The van der Waals surface area contributed by atoms with Gasteiger partial charge in [0.2, 0.25) is 0 Å². The van der Waals surface area contributed by atoms with Crippen molar-refractivity contribution in [2.45, 2.75) is 24.5 Å². The minimum atomic E-state index is -4.54. The first-order valence-corrected chi connectivity index (χ1v) is 6.87. The Morgan fingerprint density at radius 3 is 1.67 bits per heavy atom. The van der Waals surface area contributed by atoms with Crippen LogP contribution in [0.25, 0.3) is 0 Å². The van der Waals surface area contributed by atoms with Gasteiger partial charge in [0, 0.05) is 0 Å². The second-order valence-electron chi connectivity index (χ2n) is 4.26. The van der Waals surface area contributed by atoms with Crippen LogP contribution in [0.1, 0.15) is 19.3 Å². The molecule has 0 aromatic carbocycles. The second-order valence-corrected chi connectivity index (χ2v) is 5.91. The molecule has 104 valence electrons. The number of hydrogen-bond donors (Lipinski definition) is 0. The van der Waals surface area contributed by atoms with Crippen molar-refractivity contribution in [1.82, 2.24) is 0 Å². The molecule has 18 heavy (non-hydrogen) atoms. The van der Waals surface area contributed by atoms with E-state index in [0.29, 0.717) is 0 Å². The zero-order valence-electron chi connectivity index (χ0n) is 10.1. The van der Waals surface area contributed by atoms with Gasteiger partial charge in [0.25, 0.3) is 0 Å². The SMILES string of the molecule is COC(=O)C1CC(C(=O)OC)CC(S(=O)(=O)[O-])C1. The van der Waals surface area contributed by atoms with Crippen molar-refractivity contribution in [3.63, 3.8) is 0 Å². The monoisotopic (exact) mass is 279 g/mol. The minimum absolute atomic E-state index is 0.105. The van der Waals surface area contributed by atoms with Crippen LogP contribution in [0.5, 0.6) is 0 Å². The molecule has 1 saturated carbocycles. The second kappa shape index (κ2) is 5.66. The lowest BCUT2D eigenvalue weighted by atomic mass is 9.81. The van der Waals surface area contributed by atoms with Crippen molar-refractivity contribution in [2.75, 3.05) is 14.2 Å². The van der Waals surface area contributed by atoms with E-state index in [0.717, 1.165) is 0 Å². The highest BCUT2D eigenvalue weighted by molar-refractivity contribution is 7.86. The highest BCUT2D eigenvalue weighted by atomic mass is 32.2. The Morgan fingerprint density at radius 1 is 1.00 bits per heavy atom. The fourth-order valence-electron chi connectivity index (χ4n) is 2.22. The summed E-state index contributed by atoms with van der Waals surface area (Å²) >= 11 is 0. The molecule has 0 aromatic heterocycles. The van der Waals surface area contributed by atoms with Crippen LogP contribution in [0.15, 0.2) is 0 Å². The lowest BCUT2D eigenvalue weighted by Gasteiger charge is -2.33. The van der Waals surface area contributed by atoms with E-state index < -0.39 is 39.1 Å². The maximum atomic E-state index is 11.4. The standard InChI is InChI=1S/C10H16O7S/c1-16-9(11)6-3-7(10(12)17-2)5-8(4-6)18(13,14)15/h6-8H,3-5H2,1-2H3,(H,13,14,15)/p-1. The van der Waals surface area contributed by atoms with Crippen LogP contribution < -0.4 is 0 Å². The first kappa shape index (κ1) is 14.9. The van der Waals surface area contributed by atoms with Gasteiger partial charge in [-0.1, -0.05) is 0 Å². The highest BCUT2D eigenvalue weighted by Gasteiger charge is 2.39. The number of hydrogen-bond acceptors (Lipinski definition) is 7. The quantitative estimate of drug-likeness (QED) is 0.513. The molecule has 0 heterocycles. The van der Waals surface area contributed by atoms with Gasteiger partial charge < -0.3 is 14.0 Å². The van der Waals surface area contributed by atoms with E-state index in [1.165, 1.54) is 14.2 Å². The summed E-state index contributed by atoms with van der Waals surface area (Å²) in [6.07, 6.45) is -0.0661. The minimum Gasteiger partial charge on any atom is -0.748 e. The van der Waals surface area contributed by atoms with Crippen molar-refractivity contribution >= 4 is 22.1 Å². The number of carbonyl (C=O) groups is 2. The molecule has 0 saturated heterocycles. The van der Waals surface area contributed by atoms with Crippen molar-refractivity contribution in [2.24, 2.45) is 11.8 Å². The lowest BCUT2D eigenvalue weighted by Crippen LogP contribution is -2.39. The van der Waals surface area contributed by atoms with Crippen molar-refractivity contribution < 1.29 is 32.0 Å². The van der Waals surface area contributed by atoms with Gasteiger partial charge >= 0.3 is 11.9 Å². The van der Waals surface area contributed by atoms with Gasteiger partial charge in [-0.2, -0.15) is 0 Å². The van der Waals surface area contributed by atoms with Crippen LogP contribution >= 0.6 is 0 Å². The van der Waals surface area contributed by atoms with Crippen LogP contribution in [0.4, 0.5) is 0 Å². The Hall–Kier alpha value is -1.15. The molecule has 0 amide bonds. The Morgan fingerprint density at radius 2 is 1.39 bits per heavy atom. The fourth-order valence-corrected chi connectivity index (χ4v) is 3.16. The largest absolute Gasteiger partial charge is 0.748 e. The van der Waals surface area contributed by atoms with Crippen LogP contribution in [0.3, 0.4) is 0 Å². The Balaban J connectivity index is 2.92. The van der Waals surface area contributed by atoms with E-state index in [9.17, 15) is 22.6 Å². The summed E-state index contributed by atoms with van der Waals surface area (Å²) < 4.78 is 42.2. The highest BCUT2D eigenvalue weighted by Crippen LogP contribution is 2.34. The Kier molecular flexibility index (Phi) is 4.69. The topological polar surface area (TPSA) is 110 Å². The van der Waals surface area contributed by atoms with Crippen LogP contribution in [-0.4, -0.2) is 44.4 Å². The van der Waals surface area contributed by atoms with E-state index in [1.54, 1.807) is 0 Å². The molecule has 1 aliphatic carbocycles. The van der Waals surface area contributed by atoms with E-state index in [1.807, 2.05) is 0 Å². The molecule has 1 rings (SSSR count). The van der Waals surface area contributed by atoms with Gasteiger partial charge in [-0.05, 0) is 19.3 Å². The van der Waals surface area contributed by atoms with Gasteiger partial charge in [0.1, 0.15) is 0 Å². The lowest BCUT2D eigenvalue weighted by molar-refractivity contribution is -0.151. The third kappa shape index (κ3) is 3.42. The molecule has 2 atom stereocenters. The van der Waals surface area contributed by atoms with Gasteiger partial charge in [0.05, 0.1) is 41.4 Å². The molecular formula is C10H15O7S-. The van der Waals surface area contributed by atoms with Gasteiger partial charge in [-0.25, -0.2) is 8.42 Å². The van der Waals surface area contributed by atoms with Crippen molar-refractivity contribution in [3.8, 4) is 0 Å². The Bertz CT molecular complexity index is 404. The van der Waals surface area contributed by atoms with Gasteiger partial charge in [-0.3, -0.25) is 9.59 Å². The average molecular weight is 279 g/mol. The number of rotatable bonds is 3. The predicted molar refractivity (Wildman–Crippen MR) is 58.3 cm³/mol. The molecule has 0 radical (unpaired) electrons. The van der Waals surface area contributed by atoms with Crippen LogP contribution in [0, 0.1) is 11.8 Å². The zero-order valence-corrected chi connectivity index (χ0v) is 10.9. The number of ether oxygens (including phenoxy) is 2. The number of esters is 2. The first-order chi connectivity index (χ1) is 8.29. The zero-order chi connectivity index (χ0) is 13.9. The van der Waals surface area contributed by atoms with E-state index in [2.05, 4.69) is 9.47 Å². The summed E-state index contributed by atoms with van der Waals surface area (Å²) in [4.78, 5) is 22.8. The summed E-state index contributed by atoms with van der Waals surface area (Å²) in [6.45, 7) is 0. The van der Waals surface area contributed by atoms with Gasteiger partial charge in [0.15, 0.2) is 0 Å². The molecule has 1 fully saturated rings. The van der Waals surface area contributed by atoms with E-state index >= 15 is 0 Å².